The van der Waals surface area contributed by atoms with E-state index in [0.717, 1.165) is 37.7 Å². The molecular weight excluding hydrogens is 381 g/mol. The van der Waals surface area contributed by atoms with E-state index < -0.39 is 45.2 Å². The first-order valence-corrected chi connectivity index (χ1v) is 9.06. The number of halogens is 1. The van der Waals surface area contributed by atoms with Gasteiger partial charge in [0.1, 0.15) is 12.4 Å². The number of benzene rings is 1. The van der Waals surface area contributed by atoms with Crippen LogP contribution in [0.4, 0.5) is 4.39 Å². The van der Waals surface area contributed by atoms with Crippen molar-refractivity contribution in [3.05, 3.63) is 62.2 Å². The van der Waals surface area contributed by atoms with Crippen molar-refractivity contribution in [2.45, 2.75) is 11.5 Å². The number of ether oxygens (including phenoxy) is 1. The first-order chi connectivity index (χ1) is 12.5. The lowest BCUT2D eigenvalue weighted by molar-refractivity contribution is 0.0457. The highest BCUT2D eigenvalue weighted by molar-refractivity contribution is 7.89. The second-order valence-electron chi connectivity index (χ2n) is 5.88. The Kier molecular flexibility index (Phi) is 5.66. The lowest BCUT2D eigenvalue weighted by Crippen LogP contribution is -2.38. The number of nitrogens with zero attached hydrogens (tertiary/aromatic N) is 3. The number of carbonyl (C=O) groups is 1. The monoisotopic (exact) mass is 399 g/mol. The fourth-order valence-electron chi connectivity index (χ4n) is 2.17. The maximum absolute atomic E-state index is 14.0. The van der Waals surface area contributed by atoms with Gasteiger partial charge < -0.3 is 4.74 Å². The van der Waals surface area contributed by atoms with Gasteiger partial charge >= 0.3 is 11.7 Å². The van der Waals surface area contributed by atoms with E-state index in [-0.39, 0.29) is 10.6 Å². The molecule has 0 fully saturated rings. The molecule has 146 valence electrons. The minimum Gasteiger partial charge on any atom is -0.456 e. The Morgan fingerprint density at radius 1 is 1.15 bits per heavy atom. The maximum Gasteiger partial charge on any atom is 0.341 e. The highest BCUT2D eigenvalue weighted by atomic mass is 32.2. The second kappa shape index (κ2) is 7.45. The van der Waals surface area contributed by atoms with Crippen LogP contribution in [0.25, 0.3) is 0 Å². The summed E-state index contributed by atoms with van der Waals surface area (Å²) in [6.07, 6.45) is 0. The summed E-state index contributed by atoms with van der Waals surface area (Å²) in [5.41, 5.74) is -1.67. The van der Waals surface area contributed by atoms with Gasteiger partial charge in [0.15, 0.2) is 0 Å². The number of aromatic nitrogens is 2. The van der Waals surface area contributed by atoms with Crippen LogP contribution in [0.2, 0.25) is 0 Å². The van der Waals surface area contributed by atoms with Gasteiger partial charge in [-0.1, -0.05) is 0 Å². The molecule has 0 aliphatic heterocycles. The van der Waals surface area contributed by atoms with Crippen molar-refractivity contribution in [2.24, 2.45) is 14.1 Å². The Labute approximate surface area is 154 Å². The average Bonchev–Trinajstić information content (AvgIpc) is 2.61. The van der Waals surface area contributed by atoms with Gasteiger partial charge in [0.05, 0.1) is 16.2 Å². The topological polar surface area (TPSA) is 108 Å². The molecule has 27 heavy (non-hydrogen) atoms. The third kappa shape index (κ3) is 3.98. The Morgan fingerprint density at radius 3 is 2.37 bits per heavy atom. The summed E-state index contributed by atoms with van der Waals surface area (Å²) in [7, 11) is 1.41. The molecule has 0 N–H and O–H groups in total. The molecule has 2 rings (SSSR count). The first kappa shape index (κ1) is 20.5. The van der Waals surface area contributed by atoms with Crippen LogP contribution in [0.3, 0.4) is 0 Å². The van der Waals surface area contributed by atoms with Crippen LogP contribution in [0.1, 0.15) is 16.1 Å². The van der Waals surface area contributed by atoms with Crippen molar-refractivity contribution in [3.8, 4) is 0 Å². The van der Waals surface area contributed by atoms with Gasteiger partial charge in [0.2, 0.25) is 10.0 Å². The summed E-state index contributed by atoms with van der Waals surface area (Å²) in [5.74, 6) is -2.09. The van der Waals surface area contributed by atoms with Gasteiger partial charge in [-0.3, -0.25) is 13.9 Å². The highest BCUT2D eigenvalue weighted by Crippen LogP contribution is 2.18. The number of rotatable bonds is 5. The zero-order valence-corrected chi connectivity index (χ0v) is 15.9. The lowest BCUT2D eigenvalue weighted by Gasteiger charge is -2.13. The molecule has 1 aromatic heterocycles. The molecule has 2 aromatic rings. The van der Waals surface area contributed by atoms with Gasteiger partial charge in [-0.25, -0.2) is 26.7 Å². The highest BCUT2D eigenvalue weighted by Gasteiger charge is 2.22. The molecule has 9 nitrogen and oxygen atoms in total. The molecule has 0 radical (unpaired) electrons. The average molecular weight is 399 g/mol. The number of esters is 1. The normalized spacial score (nSPS) is 11.6. The lowest BCUT2D eigenvalue weighted by atomic mass is 10.2. The predicted octanol–water partition coefficient (Wildman–Crippen LogP) is -0.170. The molecule has 0 aliphatic rings. The van der Waals surface area contributed by atoms with Crippen LogP contribution >= 0.6 is 0 Å². The minimum atomic E-state index is -3.87. The summed E-state index contributed by atoms with van der Waals surface area (Å²) >= 11 is 0. The third-order valence-electron chi connectivity index (χ3n) is 3.91. The molecule has 0 unspecified atom stereocenters. The van der Waals surface area contributed by atoms with E-state index in [1.165, 1.54) is 28.2 Å². The summed E-state index contributed by atoms with van der Waals surface area (Å²) in [5, 5.41) is 0. The maximum atomic E-state index is 14.0. The largest absolute Gasteiger partial charge is 0.456 e. The summed E-state index contributed by atoms with van der Waals surface area (Å²) in [6.45, 7) is -0.468. The molecular formula is C16H18FN3O6S. The summed E-state index contributed by atoms with van der Waals surface area (Å²) in [6, 6.07) is 3.86. The molecule has 0 bridgehead atoms. The van der Waals surface area contributed by atoms with Gasteiger partial charge in [-0.05, 0) is 18.2 Å². The third-order valence-corrected chi connectivity index (χ3v) is 5.72. The summed E-state index contributed by atoms with van der Waals surface area (Å²) < 4.78 is 46.1. The van der Waals surface area contributed by atoms with Crippen molar-refractivity contribution in [1.82, 2.24) is 13.4 Å². The van der Waals surface area contributed by atoms with Crippen molar-refractivity contribution in [1.29, 1.82) is 0 Å². The molecule has 0 atom stereocenters. The summed E-state index contributed by atoms with van der Waals surface area (Å²) in [4.78, 5) is 35.4. The second-order valence-corrected chi connectivity index (χ2v) is 8.03. The molecule has 0 spiro atoms. The molecule has 11 heteroatoms. The van der Waals surface area contributed by atoms with Crippen LogP contribution < -0.4 is 11.2 Å². The van der Waals surface area contributed by atoms with E-state index in [2.05, 4.69) is 0 Å². The molecule has 0 saturated carbocycles. The fourth-order valence-corrected chi connectivity index (χ4v) is 3.09. The zero-order chi connectivity index (χ0) is 20.5. The van der Waals surface area contributed by atoms with E-state index >= 15 is 0 Å². The van der Waals surface area contributed by atoms with Crippen molar-refractivity contribution in [2.75, 3.05) is 14.1 Å². The van der Waals surface area contributed by atoms with E-state index in [0.29, 0.717) is 0 Å². The van der Waals surface area contributed by atoms with E-state index in [1.807, 2.05) is 0 Å². The van der Waals surface area contributed by atoms with Gasteiger partial charge in [0, 0.05) is 34.3 Å². The quantitative estimate of drug-likeness (QED) is 0.646. The van der Waals surface area contributed by atoms with Crippen LogP contribution in [0.15, 0.2) is 38.8 Å². The van der Waals surface area contributed by atoms with E-state index in [4.69, 9.17) is 4.74 Å². The molecule has 0 saturated heterocycles. The molecule has 0 amide bonds. The van der Waals surface area contributed by atoms with Crippen LogP contribution in [0.5, 0.6) is 0 Å². The van der Waals surface area contributed by atoms with Crippen LogP contribution in [0, 0.1) is 5.82 Å². The zero-order valence-electron chi connectivity index (χ0n) is 15.1. The Hall–Kier alpha value is -2.79. The fraction of sp³-hybridized carbons (Fsp3) is 0.312. The number of sulfonamides is 1. The van der Waals surface area contributed by atoms with Crippen molar-refractivity contribution >= 4 is 16.0 Å². The smallest absolute Gasteiger partial charge is 0.341 e. The predicted molar refractivity (Wildman–Crippen MR) is 93.3 cm³/mol. The Balaban J connectivity index is 2.33. The number of carbonyl (C=O) groups excluding carboxylic acids is 1. The van der Waals surface area contributed by atoms with E-state index in [9.17, 15) is 27.2 Å². The number of hydrogen-bond donors (Lipinski definition) is 0. The van der Waals surface area contributed by atoms with Gasteiger partial charge in [-0.15, -0.1) is 0 Å². The van der Waals surface area contributed by atoms with Crippen molar-refractivity contribution < 1.29 is 22.3 Å². The minimum absolute atomic E-state index is 0.105. The van der Waals surface area contributed by atoms with Crippen LogP contribution in [-0.2, 0) is 35.5 Å². The van der Waals surface area contributed by atoms with Gasteiger partial charge in [0.25, 0.3) is 5.56 Å². The Morgan fingerprint density at radius 2 is 1.78 bits per heavy atom. The SMILES string of the molecule is CN(C)S(=O)(=O)c1ccc(F)c(C(=O)OCc2cc(=O)n(C)c(=O)n2C)c1. The standard InChI is InChI=1S/C16H18FN3O6S/c1-18(2)27(24,25)11-5-6-13(17)12(8-11)15(22)26-9-10-7-14(21)20(4)16(23)19(10)3/h5-8H,9H2,1-4H3. The first-order valence-electron chi connectivity index (χ1n) is 7.62. The number of hydrogen-bond acceptors (Lipinski definition) is 6. The molecule has 0 aliphatic carbocycles. The van der Waals surface area contributed by atoms with Crippen molar-refractivity contribution in [3.63, 3.8) is 0 Å². The Bertz CT molecular complexity index is 1120. The van der Waals surface area contributed by atoms with E-state index in [1.54, 1.807) is 0 Å². The van der Waals surface area contributed by atoms with Gasteiger partial charge in [-0.2, -0.15) is 0 Å². The molecule has 1 heterocycles. The van der Waals surface area contributed by atoms with Crippen LogP contribution in [-0.4, -0.2) is 41.9 Å². The molecule has 1 aromatic carbocycles.